The van der Waals surface area contributed by atoms with Crippen molar-refractivity contribution in [2.75, 3.05) is 13.7 Å². The van der Waals surface area contributed by atoms with E-state index in [-0.39, 0.29) is 17.6 Å². The summed E-state index contributed by atoms with van der Waals surface area (Å²) in [7, 11) is 1.46. The molecule has 0 aliphatic carbocycles. The van der Waals surface area contributed by atoms with Crippen molar-refractivity contribution >= 4 is 11.3 Å². The largest absolute Gasteiger partial charge is 0.494 e. The van der Waals surface area contributed by atoms with Crippen LogP contribution in [-0.2, 0) is 0 Å². The van der Waals surface area contributed by atoms with E-state index in [9.17, 15) is 4.39 Å². The molecular formula is C14H17FN2OS. The third kappa shape index (κ3) is 3.11. The Hall–Kier alpha value is -1.46. The van der Waals surface area contributed by atoms with Gasteiger partial charge in [-0.15, -0.1) is 11.3 Å². The molecule has 1 heterocycles. The van der Waals surface area contributed by atoms with Crippen LogP contribution in [0.4, 0.5) is 4.39 Å². The highest BCUT2D eigenvalue weighted by molar-refractivity contribution is 7.15. The van der Waals surface area contributed by atoms with E-state index in [2.05, 4.69) is 24.1 Å². The van der Waals surface area contributed by atoms with E-state index in [1.54, 1.807) is 23.5 Å². The maximum Gasteiger partial charge on any atom is 0.165 e. The van der Waals surface area contributed by atoms with Crippen LogP contribution in [0.15, 0.2) is 24.4 Å². The fourth-order valence-electron chi connectivity index (χ4n) is 1.82. The number of methoxy groups -OCH3 is 1. The molecule has 0 radical (unpaired) electrons. The van der Waals surface area contributed by atoms with Gasteiger partial charge in [-0.05, 0) is 31.7 Å². The highest BCUT2D eigenvalue weighted by atomic mass is 32.1. The Morgan fingerprint density at radius 2 is 2.26 bits per heavy atom. The van der Waals surface area contributed by atoms with Gasteiger partial charge in [0.25, 0.3) is 0 Å². The SMILES string of the molecule is CCNC(C)c1cnc(-c2ccc(F)c(OC)c2)s1. The number of nitrogens with zero attached hydrogens (tertiary/aromatic N) is 1. The Labute approximate surface area is 116 Å². The van der Waals surface area contributed by atoms with E-state index in [1.165, 1.54) is 18.1 Å². The molecule has 3 nitrogen and oxygen atoms in total. The van der Waals surface area contributed by atoms with E-state index < -0.39 is 0 Å². The van der Waals surface area contributed by atoms with Gasteiger partial charge < -0.3 is 10.1 Å². The number of thiazole rings is 1. The van der Waals surface area contributed by atoms with Crippen molar-refractivity contribution in [3.05, 3.63) is 35.1 Å². The van der Waals surface area contributed by atoms with E-state index in [4.69, 9.17) is 4.74 Å². The minimum atomic E-state index is -0.357. The van der Waals surface area contributed by atoms with Crippen LogP contribution >= 0.6 is 11.3 Å². The Bertz CT molecular complexity index is 556. The van der Waals surface area contributed by atoms with Crippen LogP contribution < -0.4 is 10.1 Å². The van der Waals surface area contributed by atoms with Crippen LogP contribution in [0.2, 0.25) is 0 Å². The number of ether oxygens (including phenoxy) is 1. The predicted octanol–water partition coefficient (Wildman–Crippen LogP) is 3.63. The highest BCUT2D eigenvalue weighted by Gasteiger charge is 2.12. The third-order valence-corrected chi connectivity index (χ3v) is 4.09. The second kappa shape index (κ2) is 6.12. The number of hydrogen-bond donors (Lipinski definition) is 1. The Morgan fingerprint density at radius 3 is 2.95 bits per heavy atom. The predicted molar refractivity (Wildman–Crippen MR) is 76.2 cm³/mol. The minimum absolute atomic E-state index is 0.244. The molecule has 1 atom stereocenters. The number of nitrogens with one attached hydrogen (secondary N) is 1. The topological polar surface area (TPSA) is 34.2 Å². The van der Waals surface area contributed by atoms with Gasteiger partial charge in [-0.25, -0.2) is 9.37 Å². The summed E-state index contributed by atoms with van der Waals surface area (Å²) < 4.78 is 18.4. The maximum absolute atomic E-state index is 13.4. The van der Waals surface area contributed by atoms with Crippen LogP contribution in [0.1, 0.15) is 24.8 Å². The molecule has 2 aromatic rings. The average Bonchev–Trinajstić information content (AvgIpc) is 2.89. The van der Waals surface area contributed by atoms with Crippen molar-refractivity contribution in [3.8, 4) is 16.3 Å². The first-order valence-corrected chi connectivity index (χ1v) is 7.00. The van der Waals surface area contributed by atoms with E-state index >= 15 is 0 Å². The number of rotatable bonds is 5. The van der Waals surface area contributed by atoms with Crippen molar-refractivity contribution in [1.29, 1.82) is 0 Å². The van der Waals surface area contributed by atoms with Crippen molar-refractivity contribution < 1.29 is 9.13 Å². The van der Waals surface area contributed by atoms with Gasteiger partial charge in [-0.3, -0.25) is 0 Å². The number of hydrogen-bond acceptors (Lipinski definition) is 4. The monoisotopic (exact) mass is 280 g/mol. The normalized spacial score (nSPS) is 12.4. The Balaban J connectivity index is 2.27. The first kappa shape index (κ1) is 14.0. The van der Waals surface area contributed by atoms with Crippen LogP contribution in [0.5, 0.6) is 5.75 Å². The van der Waals surface area contributed by atoms with Crippen LogP contribution in [-0.4, -0.2) is 18.6 Å². The molecule has 5 heteroatoms. The van der Waals surface area contributed by atoms with Crippen LogP contribution in [0.25, 0.3) is 10.6 Å². The van der Waals surface area contributed by atoms with Crippen molar-refractivity contribution in [3.63, 3.8) is 0 Å². The summed E-state index contributed by atoms with van der Waals surface area (Å²) in [5, 5.41) is 4.22. The van der Waals surface area contributed by atoms with Gasteiger partial charge in [0, 0.05) is 22.7 Å². The summed E-state index contributed by atoms with van der Waals surface area (Å²) >= 11 is 1.61. The summed E-state index contributed by atoms with van der Waals surface area (Å²) in [4.78, 5) is 5.56. The second-order valence-corrected chi connectivity index (χ2v) is 5.26. The van der Waals surface area contributed by atoms with E-state index in [0.29, 0.717) is 0 Å². The molecule has 0 bridgehead atoms. The molecule has 0 saturated carbocycles. The molecule has 0 aliphatic rings. The molecule has 1 aromatic carbocycles. The number of halogens is 1. The van der Waals surface area contributed by atoms with Gasteiger partial charge in [-0.2, -0.15) is 0 Å². The number of benzene rings is 1. The second-order valence-electron chi connectivity index (χ2n) is 4.20. The van der Waals surface area contributed by atoms with Crippen molar-refractivity contribution in [1.82, 2.24) is 10.3 Å². The molecule has 0 spiro atoms. The van der Waals surface area contributed by atoms with Crippen molar-refractivity contribution in [2.24, 2.45) is 0 Å². The molecule has 19 heavy (non-hydrogen) atoms. The first-order valence-electron chi connectivity index (χ1n) is 6.18. The van der Waals surface area contributed by atoms with E-state index in [1.807, 2.05) is 6.20 Å². The standard InChI is InChI=1S/C14H17FN2OS/c1-4-16-9(2)13-8-17-14(19-13)10-5-6-11(15)12(7-10)18-3/h5-9,16H,4H2,1-3H3. The Morgan fingerprint density at radius 1 is 1.47 bits per heavy atom. The molecule has 1 unspecified atom stereocenters. The summed E-state index contributed by atoms with van der Waals surface area (Å²) in [6.45, 7) is 5.09. The van der Waals surface area contributed by atoms with Gasteiger partial charge in [0.1, 0.15) is 5.01 Å². The quantitative estimate of drug-likeness (QED) is 0.908. The molecule has 0 aliphatic heterocycles. The zero-order chi connectivity index (χ0) is 13.8. The lowest BCUT2D eigenvalue weighted by molar-refractivity contribution is 0.387. The van der Waals surface area contributed by atoms with Crippen molar-refractivity contribution in [2.45, 2.75) is 19.9 Å². The molecule has 1 aromatic heterocycles. The zero-order valence-corrected chi connectivity index (χ0v) is 12.1. The molecule has 1 N–H and O–H groups in total. The maximum atomic E-state index is 13.4. The highest BCUT2D eigenvalue weighted by Crippen LogP contribution is 2.31. The molecular weight excluding hydrogens is 263 g/mol. The average molecular weight is 280 g/mol. The van der Waals surface area contributed by atoms with Gasteiger partial charge in [0.05, 0.1) is 7.11 Å². The summed E-state index contributed by atoms with van der Waals surface area (Å²) in [6.07, 6.45) is 1.86. The smallest absolute Gasteiger partial charge is 0.165 e. The first-order chi connectivity index (χ1) is 9.15. The van der Waals surface area contributed by atoms with Gasteiger partial charge in [0.2, 0.25) is 0 Å². The van der Waals surface area contributed by atoms with Crippen LogP contribution in [0, 0.1) is 5.82 Å². The fourth-order valence-corrected chi connectivity index (χ4v) is 2.76. The fraction of sp³-hybridized carbons (Fsp3) is 0.357. The zero-order valence-electron chi connectivity index (χ0n) is 11.2. The summed E-state index contributed by atoms with van der Waals surface area (Å²) in [5.41, 5.74) is 0.873. The summed E-state index contributed by atoms with van der Waals surface area (Å²) in [6, 6.07) is 5.08. The molecule has 2 rings (SSSR count). The van der Waals surface area contributed by atoms with Gasteiger partial charge in [0.15, 0.2) is 11.6 Å². The third-order valence-electron chi connectivity index (χ3n) is 2.86. The number of aromatic nitrogens is 1. The Kier molecular flexibility index (Phi) is 4.50. The lowest BCUT2D eigenvalue weighted by Gasteiger charge is -2.08. The lowest BCUT2D eigenvalue weighted by Crippen LogP contribution is -2.16. The lowest BCUT2D eigenvalue weighted by atomic mass is 10.2. The summed E-state index contributed by atoms with van der Waals surface area (Å²) in [5.74, 6) is -0.113. The van der Waals surface area contributed by atoms with Gasteiger partial charge in [-0.1, -0.05) is 6.92 Å². The molecule has 0 amide bonds. The molecule has 0 saturated heterocycles. The molecule has 102 valence electrons. The van der Waals surface area contributed by atoms with E-state index in [0.717, 1.165) is 17.1 Å². The van der Waals surface area contributed by atoms with Crippen LogP contribution in [0.3, 0.4) is 0 Å². The van der Waals surface area contributed by atoms with Gasteiger partial charge >= 0.3 is 0 Å². The molecule has 0 fully saturated rings. The minimum Gasteiger partial charge on any atom is -0.494 e.